The molecule has 0 fully saturated rings. The van der Waals surface area contributed by atoms with E-state index in [2.05, 4.69) is 16.1 Å². The summed E-state index contributed by atoms with van der Waals surface area (Å²) in [6.45, 7) is 0. The average molecular weight is 149 g/mol. The largest absolute Gasteiger partial charge is 0.310 e. The van der Waals surface area contributed by atoms with Crippen molar-refractivity contribution in [2.45, 2.75) is 12.6 Å². The fourth-order valence-electron chi connectivity index (χ4n) is 1.48. The van der Waals surface area contributed by atoms with E-state index in [0.29, 0.717) is 11.8 Å². The summed E-state index contributed by atoms with van der Waals surface area (Å²) in [5, 5.41) is 0. The van der Waals surface area contributed by atoms with Crippen LogP contribution in [0.5, 0.6) is 0 Å². The van der Waals surface area contributed by atoms with Gasteiger partial charge in [-0.05, 0) is 12.3 Å². The Bertz CT molecular complexity index is 229. The molecule has 2 aliphatic rings. The van der Waals surface area contributed by atoms with Crippen molar-refractivity contribution in [1.29, 1.82) is 0 Å². The molecule has 0 aromatic heterocycles. The zero-order chi connectivity index (χ0) is 7.68. The maximum absolute atomic E-state index is 5.67. The van der Waals surface area contributed by atoms with Crippen molar-refractivity contribution in [1.82, 2.24) is 0 Å². The summed E-state index contributed by atoms with van der Waals surface area (Å²) in [6.07, 6.45) is 8.73. The molecule has 2 N–H and O–H groups in total. The molecule has 0 radical (unpaired) electrons. The predicted octanol–water partition coefficient (Wildman–Crippen LogP) is 0.576. The van der Waals surface area contributed by atoms with Crippen molar-refractivity contribution >= 4 is 12.4 Å². The topological polar surface area (TPSA) is 50.7 Å². The normalized spacial score (nSPS) is 40.6. The standard InChI is InChI=1S/C8H11N3/c9-8-3-6-1-2-10-4-7(6)5-11-8/h1-2,4-8H,3,9H2. The minimum atomic E-state index is -0.00704. The zero-order valence-corrected chi connectivity index (χ0v) is 6.22. The van der Waals surface area contributed by atoms with E-state index in [1.165, 1.54) is 0 Å². The number of fused-ring (bicyclic) bond motifs is 1. The minimum absolute atomic E-state index is 0.00704. The van der Waals surface area contributed by atoms with E-state index < -0.39 is 0 Å². The summed E-state index contributed by atoms with van der Waals surface area (Å²) in [7, 11) is 0. The Morgan fingerprint density at radius 2 is 2.27 bits per heavy atom. The molecular weight excluding hydrogens is 138 g/mol. The molecule has 0 aromatic carbocycles. The van der Waals surface area contributed by atoms with Gasteiger partial charge in [-0.2, -0.15) is 0 Å². The Labute approximate surface area is 65.7 Å². The highest BCUT2D eigenvalue weighted by Crippen LogP contribution is 2.23. The van der Waals surface area contributed by atoms with Gasteiger partial charge in [-0.3, -0.25) is 9.98 Å². The van der Waals surface area contributed by atoms with Gasteiger partial charge in [0.15, 0.2) is 0 Å². The van der Waals surface area contributed by atoms with Crippen LogP contribution in [0.1, 0.15) is 6.42 Å². The van der Waals surface area contributed by atoms with Gasteiger partial charge in [0.05, 0.1) is 6.17 Å². The highest BCUT2D eigenvalue weighted by Gasteiger charge is 2.23. The second-order valence-corrected chi connectivity index (χ2v) is 2.98. The first kappa shape index (κ1) is 6.73. The van der Waals surface area contributed by atoms with E-state index in [-0.39, 0.29) is 6.17 Å². The smallest absolute Gasteiger partial charge is 0.0971 e. The molecule has 3 atom stereocenters. The highest BCUT2D eigenvalue weighted by atomic mass is 14.9. The van der Waals surface area contributed by atoms with Crippen LogP contribution in [0.3, 0.4) is 0 Å². The maximum atomic E-state index is 5.67. The maximum Gasteiger partial charge on any atom is 0.0971 e. The summed E-state index contributed by atoms with van der Waals surface area (Å²) >= 11 is 0. The lowest BCUT2D eigenvalue weighted by Gasteiger charge is -2.25. The Morgan fingerprint density at radius 1 is 1.36 bits per heavy atom. The molecule has 0 aromatic rings. The first-order valence-electron chi connectivity index (χ1n) is 3.85. The van der Waals surface area contributed by atoms with Gasteiger partial charge in [0.2, 0.25) is 0 Å². The van der Waals surface area contributed by atoms with Crippen LogP contribution in [0, 0.1) is 11.8 Å². The Balaban J connectivity index is 2.20. The summed E-state index contributed by atoms with van der Waals surface area (Å²) in [4.78, 5) is 8.19. The first-order valence-corrected chi connectivity index (χ1v) is 3.85. The molecule has 11 heavy (non-hydrogen) atoms. The van der Waals surface area contributed by atoms with Crippen molar-refractivity contribution in [2.75, 3.05) is 0 Å². The van der Waals surface area contributed by atoms with E-state index in [4.69, 9.17) is 5.73 Å². The number of allylic oxidation sites excluding steroid dienone is 1. The third-order valence-corrected chi connectivity index (χ3v) is 2.14. The Morgan fingerprint density at radius 3 is 3.18 bits per heavy atom. The first-order chi connectivity index (χ1) is 5.36. The third-order valence-electron chi connectivity index (χ3n) is 2.14. The van der Waals surface area contributed by atoms with E-state index in [0.717, 1.165) is 6.42 Å². The van der Waals surface area contributed by atoms with Crippen LogP contribution in [0.4, 0.5) is 0 Å². The molecule has 0 spiro atoms. The SMILES string of the molecule is NC1CC2C=CN=CC2C=N1. The molecule has 3 heteroatoms. The molecule has 2 heterocycles. The minimum Gasteiger partial charge on any atom is -0.310 e. The number of hydrogen-bond acceptors (Lipinski definition) is 3. The number of aliphatic imine (C=N–C) groups is 2. The monoisotopic (exact) mass is 149 g/mol. The fourth-order valence-corrected chi connectivity index (χ4v) is 1.48. The lowest BCUT2D eigenvalue weighted by atomic mass is 9.87. The lowest BCUT2D eigenvalue weighted by molar-refractivity contribution is 0.467. The van der Waals surface area contributed by atoms with E-state index >= 15 is 0 Å². The molecule has 3 unspecified atom stereocenters. The predicted molar refractivity (Wildman–Crippen MR) is 45.7 cm³/mol. The van der Waals surface area contributed by atoms with Gasteiger partial charge in [0.1, 0.15) is 0 Å². The second-order valence-electron chi connectivity index (χ2n) is 2.98. The number of nitrogens with two attached hydrogens (primary N) is 1. The van der Waals surface area contributed by atoms with Crippen LogP contribution in [0.15, 0.2) is 22.3 Å². The van der Waals surface area contributed by atoms with Gasteiger partial charge in [-0.25, -0.2) is 0 Å². The molecule has 0 bridgehead atoms. The molecule has 0 saturated heterocycles. The van der Waals surface area contributed by atoms with E-state index in [1.807, 2.05) is 18.6 Å². The molecule has 0 aliphatic carbocycles. The molecule has 2 rings (SSSR count). The Hall–Kier alpha value is -0.960. The van der Waals surface area contributed by atoms with E-state index in [9.17, 15) is 0 Å². The van der Waals surface area contributed by atoms with Crippen LogP contribution in [-0.2, 0) is 0 Å². The lowest BCUT2D eigenvalue weighted by Crippen LogP contribution is -2.32. The zero-order valence-electron chi connectivity index (χ0n) is 6.22. The van der Waals surface area contributed by atoms with Crippen molar-refractivity contribution in [3.63, 3.8) is 0 Å². The molecule has 0 amide bonds. The van der Waals surface area contributed by atoms with Crippen molar-refractivity contribution in [2.24, 2.45) is 27.6 Å². The van der Waals surface area contributed by atoms with Gasteiger partial charge in [-0.15, -0.1) is 0 Å². The fraction of sp³-hybridized carbons (Fsp3) is 0.500. The summed E-state index contributed by atoms with van der Waals surface area (Å²) < 4.78 is 0. The van der Waals surface area contributed by atoms with Gasteiger partial charge >= 0.3 is 0 Å². The van der Waals surface area contributed by atoms with Crippen LogP contribution in [0.2, 0.25) is 0 Å². The van der Waals surface area contributed by atoms with Crippen LogP contribution >= 0.6 is 0 Å². The molecule has 0 saturated carbocycles. The molecular formula is C8H11N3. The summed E-state index contributed by atoms with van der Waals surface area (Å²) in [5.41, 5.74) is 5.67. The quantitative estimate of drug-likeness (QED) is 0.538. The average Bonchev–Trinajstić information content (AvgIpc) is 2.04. The van der Waals surface area contributed by atoms with Gasteiger partial charge < -0.3 is 5.73 Å². The molecule has 58 valence electrons. The van der Waals surface area contributed by atoms with Crippen molar-refractivity contribution in [3.8, 4) is 0 Å². The van der Waals surface area contributed by atoms with Crippen LogP contribution in [-0.4, -0.2) is 18.6 Å². The van der Waals surface area contributed by atoms with Crippen LogP contribution < -0.4 is 5.73 Å². The van der Waals surface area contributed by atoms with E-state index in [1.54, 1.807) is 0 Å². The summed E-state index contributed by atoms with van der Waals surface area (Å²) in [5.74, 6) is 0.916. The highest BCUT2D eigenvalue weighted by molar-refractivity contribution is 5.85. The van der Waals surface area contributed by atoms with Gasteiger partial charge in [-0.1, -0.05) is 6.08 Å². The third kappa shape index (κ3) is 1.24. The van der Waals surface area contributed by atoms with Crippen molar-refractivity contribution < 1.29 is 0 Å². The number of rotatable bonds is 0. The van der Waals surface area contributed by atoms with Crippen molar-refractivity contribution in [3.05, 3.63) is 12.3 Å². The Kier molecular flexibility index (Phi) is 1.58. The molecule has 2 aliphatic heterocycles. The number of hydrogen-bond donors (Lipinski definition) is 1. The number of nitrogens with zero attached hydrogens (tertiary/aromatic N) is 2. The van der Waals surface area contributed by atoms with Gasteiger partial charge in [0.25, 0.3) is 0 Å². The molecule has 3 nitrogen and oxygen atoms in total. The van der Waals surface area contributed by atoms with Crippen LogP contribution in [0.25, 0.3) is 0 Å². The van der Waals surface area contributed by atoms with Gasteiger partial charge in [0, 0.05) is 24.5 Å². The summed E-state index contributed by atoms with van der Waals surface area (Å²) in [6, 6.07) is 0. The second kappa shape index (κ2) is 2.58.